The molecule has 2 fully saturated rings. The number of hydrogen-bond acceptors (Lipinski definition) is 3. The third kappa shape index (κ3) is 2.76. The van der Waals surface area contributed by atoms with Gasteiger partial charge in [-0.3, -0.25) is 0 Å². The van der Waals surface area contributed by atoms with Crippen LogP contribution in [0.1, 0.15) is 39.0 Å². The van der Waals surface area contributed by atoms with Crippen LogP contribution in [0, 0.1) is 5.41 Å². The molecule has 0 spiro atoms. The standard InChI is InChI=1S/C13H26N2O/c1-3-13(5-4-6-14-9-13)10-15-11-7-12(8-11)16-2/h11-12,14-15H,3-10H2,1-2H3. The van der Waals surface area contributed by atoms with Crippen LogP contribution in [0.2, 0.25) is 0 Å². The van der Waals surface area contributed by atoms with Crippen molar-refractivity contribution >= 4 is 0 Å². The number of methoxy groups -OCH3 is 1. The summed E-state index contributed by atoms with van der Waals surface area (Å²) >= 11 is 0. The minimum atomic E-state index is 0.510. The van der Waals surface area contributed by atoms with Gasteiger partial charge in [0.1, 0.15) is 0 Å². The number of ether oxygens (including phenoxy) is 1. The van der Waals surface area contributed by atoms with Crippen LogP contribution < -0.4 is 10.6 Å². The van der Waals surface area contributed by atoms with Crippen LogP contribution in [-0.4, -0.2) is 38.9 Å². The third-order valence-electron chi connectivity index (χ3n) is 4.50. The van der Waals surface area contributed by atoms with Crippen LogP contribution in [0.5, 0.6) is 0 Å². The molecule has 94 valence electrons. The smallest absolute Gasteiger partial charge is 0.0601 e. The number of rotatable bonds is 5. The summed E-state index contributed by atoms with van der Waals surface area (Å²) < 4.78 is 5.31. The van der Waals surface area contributed by atoms with E-state index in [9.17, 15) is 0 Å². The summed E-state index contributed by atoms with van der Waals surface area (Å²) in [6, 6.07) is 0.704. The molecule has 16 heavy (non-hydrogen) atoms. The van der Waals surface area contributed by atoms with E-state index in [4.69, 9.17) is 4.74 Å². The first-order valence-corrected chi connectivity index (χ1v) is 6.75. The summed E-state index contributed by atoms with van der Waals surface area (Å²) in [6.45, 7) is 5.90. The first-order valence-electron chi connectivity index (χ1n) is 6.75. The van der Waals surface area contributed by atoms with Gasteiger partial charge in [-0.05, 0) is 44.1 Å². The van der Waals surface area contributed by atoms with Gasteiger partial charge in [0, 0.05) is 26.2 Å². The van der Waals surface area contributed by atoms with Crippen molar-refractivity contribution in [3.8, 4) is 0 Å². The van der Waals surface area contributed by atoms with Crippen LogP contribution in [-0.2, 0) is 4.74 Å². The van der Waals surface area contributed by atoms with E-state index in [0.29, 0.717) is 17.6 Å². The maximum absolute atomic E-state index is 5.31. The highest BCUT2D eigenvalue weighted by Gasteiger charge is 2.34. The molecule has 0 radical (unpaired) electrons. The third-order valence-corrected chi connectivity index (χ3v) is 4.50. The Hall–Kier alpha value is -0.120. The Morgan fingerprint density at radius 1 is 1.44 bits per heavy atom. The average molecular weight is 226 g/mol. The second-order valence-electron chi connectivity index (χ2n) is 5.54. The van der Waals surface area contributed by atoms with Gasteiger partial charge in [0.15, 0.2) is 0 Å². The number of piperidine rings is 1. The molecule has 0 aromatic rings. The van der Waals surface area contributed by atoms with Gasteiger partial charge in [-0.1, -0.05) is 6.92 Å². The average Bonchev–Trinajstić information content (AvgIpc) is 2.29. The molecule has 1 aliphatic carbocycles. The first-order chi connectivity index (χ1) is 7.78. The zero-order valence-corrected chi connectivity index (χ0v) is 10.7. The van der Waals surface area contributed by atoms with Crippen LogP contribution >= 0.6 is 0 Å². The van der Waals surface area contributed by atoms with E-state index in [-0.39, 0.29) is 0 Å². The van der Waals surface area contributed by atoms with Crippen molar-refractivity contribution in [3.05, 3.63) is 0 Å². The van der Waals surface area contributed by atoms with Gasteiger partial charge in [-0.2, -0.15) is 0 Å². The zero-order valence-electron chi connectivity index (χ0n) is 10.7. The van der Waals surface area contributed by atoms with Crippen LogP contribution in [0.3, 0.4) is 0 Å². The van der Waals surface area contributed by atoms with E-state index >= 15 is 0 Å². The molecular weight excluding hydrogens is 200 g/mol. The van der Waals surface area contributed by atoms with E-state index in [2.05, 4.69) is 17.6 Å². The molecule has 1 heterocycles. The van der Waals surface area contributed by atoms with Crippen LogP contribution in [0.25, 0.3) is 0 Å². The highest BCUT2D eigenvalue weighted by Crippen LogP contribution is 2.30. The van der Waals surface area contributed by atoms with Crippen molar-refractivity contribution in [3.63, 3.8) is 0 Å². The Kier molecular flexibility index (Phi) is 4.22. The molecule has 1 unspecified atom stereocenters. The quantitative estimate of drug-likeness (QED) is 0.746. The highest BCUT2D eigenvalue weighted by atomic mass is 16.5. The van der Waals surface area contributed by atoms with Crippen LogP contribution in [0.4, 0.5) is 0 Å². The lowest BCUT2D eigenvalue weighted by Crippen LogP contribution is -2.52. The molecule has 3 nitrogen and oxygen atoms in total. The lowest BCUT2D eigenvalue weighted by molar-refractivity contribution is 0.0129. The number of hydrogen-bond donors (Lipinski definition) is 2. The molecular formula is C13H26N2O. The maximum atomic E-state index is 5.31. The van der Waals surface area contributed by atoms with E-state index < -0.39 is 0 Å². The topological polar surface area (TPSA) is 33.3 Å². The highest BCUT2D eigenvalue weighted by molar-refractivity contribution is 4.91. The van der Waals surface area contributed by atoms with Crippen molar-refractivity contribution in [2.24, 2.45) is 5.41 Å². The zero-order chi connectivity index (χ0) is 11.4. The van der Waals surface area contributed by atoms with Crippen molar-refractivity contribution in [2.75, 3.05) is 26.7 Å². The van der Waals surface area contributed by atoms with Gasteiger partial charge in [0.05, 0.1) is 6.10 Å². The molecule has 1 atom stereocenters. The molecule has 2 N–H and O–H groups in total. The van der Waals surface area contributed by atoms with Gasteiger partial charge in [0.25, 0.3) is 0 Å². The largest absolute Gasteiger partial charge is 0.381 e. The first kappa shape index (κ1) is 12.3. The predicted octanol–water partition coefficient (Wildman–Crippen LogP) is 1.53. The van der Waals surface area contributed by atoms with E-state index in [1.807, 2.05) is 7.11 Å². The molecule has 0 amide bonds. The van der Waals surface area contributed by atoms with E-state index in [1.54, 1.807) is 0 Å². The summed E-state index contributed by atoms with van der Waals surface area (Å²) in [4.78, 5) is 0. The van der Waals surface area contributed by atoms with Gasteiger partial charge < -0.3 is 15.4 Å². The predicted molar refractivity (Wildman–Crippen MR) is 66.6 cm³/mol. The number of nitrogens with one attached hydrogen (secondary N) is 2. The molecule has 0 aromatic carbocycles. The fourth-order valence-electron chi connectivity index (χ4n) is 2.89. The van der Waals surface area contributed by atoms with Gasteiger partial charge in [-0.25, -0.2) is 0 Å². The Morgan fingerprint density at radius 2 is 2.25 bits per heavy atom. The Labute approximate surface area is 99.3 Å². The summed E-state index contributed by atoms with van der Waals surface area (Å²) in [5, 5.41) is 7.27. The van der Waals surface area contributed by atoms with Crippen molar-refractivity contribution < 1.29 is 4.74 Å². The molecule has 0 aromatic heterocycles. The molecule has 1 saturated carbocycles. The Bertz CT molecular complexity index is 208. The van der Waals surface area contributed by atoms with Gasteiger partial charge in [0.2, 0.25) is 0 Å². The summed E-state index contributed by atoms with van der Waals surface area (Å²) in [5.41, 5.74) is 0.510. The van der Waals surface area contributed by atoms with Crippen molar-refractivity contribution in [2.45, 2.75) is 51.2 Å². The van der Waals surface area contributed by atoms with E-state index in [0.717, 1.165) is 0 Å². The minimum Gasteiger partial charge on any atom is -0.381 e. The molecule has 3 heteroatoms. The Balaban J connectivity index is 1.71. The molecule has 0 bridgehead atoms. The molecule has 2 rings (SSSR count). The fourth-order valence-corrected chi connectivity index (χ4v) is 2.89. The van der Waals surface area contributed by atoms with Crippen molar-refractivity contribution in [1.29, 1.82) is 0 Å². The summed E-state index contributed by atoms with van der Waals surface area (Å²) in [5.74, 6) is 0. The normalized spacial score (nSPS) is 39.4. The molecule has 1 saturated heterocycles. The Morgan fingerprint density at radius 3 is 2.81 bits per heavy atom. The van der Waals surface area contributed by atoms with Gasteiger partial charge in [-0.15, -0.1) is 0 Å². The second kappa shape index (κ2) is 5.48. The maximum Gasteiger partial charge on any atom is 0.0601 e. The lowest BCUT2D eigenvalue weighted by atomic mass is 9.77. The van der Waals surface area contributed by atoms with Crippen LogP contribution in [0.15, 0.2) is 0 Å². The fraction of sp³-hybridized carbons (Fsp3) is 1.00. The monoisotopic (exact) mass is 226 g/mol. The van der Waals surface area contributed by atoms with Gasteiger partial charge >= 0.3 is 0 Å². The summed E-state index contributed by atoms with van der Waals surface area (Å²) in [6.07, 6.45) is 6.91. The SMILES string of the molecule is CCC1(CNC2CC(OC)C2)CCCNC1. The van der Waals surface area contributed by atoms with E-state index in [1.165, 1.54) is 51.7 Å². The molecule has 2 aliphatic rings. The lowest BCUT2D eigenvalue weighted by Gasteiger charge is -2.41. The van der Waals surface area contributed by atoms with Crippen molar-refractivity contribution in [1.82, 2.24) is 10.6 Å². The molecule has 1 aliphatic heterocycles. The summed E-state index contributed by atoms with van der Waals surface area (Å²) in [7, 11) is 1.82. The minimum absolute atomic E-state index is 0.510. The second-order valence-corrected chi connectivity index (χ2v) is 5.54.